The first-order valence-corrected chi connectivity index (χ1v) is 14.6. The van der Waals surface area contributed by atoms with E-state index in [-0.39, 0.29) is 18.7 Å². The minimum absolute atomic E-state index is 0.0238. The fourth-order valence-electron chi connectivity index (χ4n) is 4.23. The van der Waals surface area contributed by atoms with Crippen LogP contribution >= 0.6 is 0 Å². The SMILES string of the molecule is Cc1ccccc1CN(C(=O)CN(c1ccc(F)c(F)c1)S(C)(=O)=O)[C@H](Cc1ccccc1)C(=O)NC(C)(C)C. The van der Waals surface area contributed by atoms with Crippen LogP contribution < -0.4 is 9.62 Å². The fourth-order valence-corrected chi connectivity index (χ4v) is 5.07. The molecule has 0 unspecified atom stereocenters. The Morgan fingerprint density at radius 2 is 1.55 bits per heavy atom. The van der Waals surface area contributed by atoms with Crippen molar-refractivity contribution in [2.75, 3.05) is 17.1 Å². The summed E-state index contributed by atoms with van der Waals surface area (Å²) >= 11 is 0. The normalized spacial score (nSPS) is 12.5. The lowest BCUT2D eigenvalue weighted by atomic mass is 10.00. The fraction of sp³-hybridized carbons (Fsp3) is 0.333. The molecule has 214 valence electrons. The van der Waals surface area contributed by atoms with Crippen molar-refractivity contribution in [3.05, 3.63) is 101 Å². The summed E-state index contributed by atoms with van der Waals surface area (Å²) in [7, 11) is -4.09. The predicted molar refractivity (Wildman–Crippen MR) is 152 cm³/mol. The van der Waals surface area contributed by atoms with Crippen LogP contribution in [-0.2, 0) is 32.6 Å². The molecular weight excluding hydrogens is 536 g/mol. The molecule has 0 heterocycles. The lowest BCUT2D eigenvalue weighted by molar-refractivity contribution is -0.140. The van der Waals surface area contributed by atoms with E-state index in [0.29, 0.717) is 4.31 Å². The second-order valence-corrected chi connectivity index (χ2v) is 12.7. The van der Waals surface area contributed by atoms with Crippen molar-refractivity contribution < 1.29 is 26.8 Å². The van der Waals surface area contributed by atoms with E-state index in [9.17, 15) is 26.8 Å². The van der Waals surface area contributed by atoms with E-state index in [1.165, 1.54) is 4.90 Å². The van der Waals surface area contributed by atoms with Gasteiger partial charge in [-0.05, 0) is 56.5 Å². The molecule has 0 aliphatic heterocycles. The predicted octanol–water partition coefficient (Wildman–Crippen LogP) is 4.59. The zero-order valence-electron chi connectivity index (χ0n) is 23.3. The van der Waals surface area contributed by atoms with E-state index >= 15 is 0 Å². The highest BCUT2D eigenvalue weighted by Crippen LogP contribution is 2.23. The van der Waals surface area contributed by atoms with Crippen LogP contribution in [0.4, 0.5) is 14.5 Å². The molecule has 0 fully saturated rings. The quantitative estimate of drug-likeness (QED) is 0.386. The van der Waals surface area contributed by atoms with Gasteiger partial charge < -0.3 is 10.2 Å². The number of carbonyl (C=O) groups excluding carboxylic acids is 2. The number of rotatable bonds is 10. The van der Waals surface area contributed by atoms with E-state index in [1.54, 1.807) is 0 Å². The van der Waals surface area contributed by atoms with Gasteiger partial charge in [-0.2, -0.15) is 0 Å². The standard InChI is InChI=1S/C30H35F2N3O4S/c1-21-11-9-10-14-23(21)19-34(27(29(37)33-30(2,3)4)17-22-12-7-6-8-13-22)28(36)20-35(40(5,38)39)24-15-16-25(31)26(32)18-24/h6-16,18,27H,17,19-20H2,1-5H3,(H,33,37)/t27-/m1/s1. The zero-order valence-corrected chi connectivity index (χ0v) is 24.1. The van der Waals surface area contributed by atoms with Crippen molar-refractivity contribution in [3.63, 3.8) is 0 Å². The van der Waals surface area contributed by atoms with Gasteiger partial charge in [0.2, 0.25) is 21.8 Å². The number of aryl methyl sites for hydroxylation is 1. The number of nitrogens with one attached hydrogen (secondary N) is 1. The molecule has 0 aliphatic carbocycles. The molecule has 0 radical (unpaired) electrons. The number of sulfonamides is 1. The summed E-state index contributed by atoms with van der Waals surface area (Å²) in [4.78, 5) is 29.1. The monoisotopic (exact) mass is 571 g/mol. The molecular formula is C30H35F2N3O4S. The smallest absolute Gasteiger partial charge is 0.244 e. The van der Waals surface area contributed by atoms with E-state index in [0.717, 1.165) is 41.1 Å². The van der Waals surface area contributed by atoms with Gasteiger partial charge in [-0.3, -0.25) is 13.9 Å². The summed E-state index contributed by atoms with van der Waals surface area (Å²) in [5.41, 5.74) is 1.66. The number of hydrogen-bond acceptors (Lipinski definition) is 4. The van der Waals surface area contributed by atoms with Crippen molar-refractivity contribution in [1.82, 2.24) is 10.2 Å². The van der Waals surface area contributed by atoms with Crippen LogP contribution in [0.1, 0.15) is 37.5 Å². The molecule has 0 aliphatic rings. The Morgan fingerprint density at radius 3 is 2.12 bits per heavy atom. The summed E-state index contributed by atoms with van der Waals surface area (Å²) in [6, 6.07) is 18.2. The largest absolute Gasteiger partial charge is 0.350 e. The van der Waals surface area contributed by atoms with Crippen LogP contribution in [-0.4, -0.2) is 49.5 Å². The highest BCUT2D eigenvalue weighted by molar-refractivity contribution is 7.92. The van der Waals surface area contributed by atoms with Crippen molar-refractivity contribution in [2.45, 2.75) is 52.2 Å². The number of hydrogen-bond donors (Lipinski definition) is 1. The van der Waals surface area contributed by atoms with Crippen LogP contribution in [0.5, 0.6) is 0 Å². The van der Waals surface area contributed by atoms with Crippen molar-refractivity contribution >= 4 is 27.5 Å². The van der Waals surface area contributed by atoms with E-state index in [2.05, 4.69) is 5.32 Å². The molecule has 3 aromatic rings. The van der Waals surface area contributed by atoms with Gasteiger partial charge in [-0.15, -0.1) is 0 Å². The van der Waals surface area contributed by atoms with Gasteiger partial charge in [0, 0.05) is 24.6 Å². The van der Waals surface area contributed by atoms with E-state index < -0.39 is 51.6 Å². The van der Waals surface area contributed by atoms with Crippen molar-refractivity contribution in [3.8, 4) is 0 Å². The molecule has 0 spiro atoms. The summed E-state index contributed by atoms with van der Waals surface area (Å²) in [6.07, 6.45) is 1.05. The summed E-state index contributed by atoms with van der Waals surface area (Å²) < 4.78 is 53.8. The second-order valence-electron chi connectivity index (χ2n) is 10.8. The molecule has 1 atom stereocenters. The average molecular weight is 572 g/mol. The highest BCUT2D eigenvalue weighted by atomic mass is 32.2. The van der Waals surface area contributed by atoms with Gasteiger partial charge >= 0.3 is 0 Å². The van der Waals surface area contributed by atoms with Crippen molar-refractivity contribution in [2.24, 2.45) is 0 Å². The van der Waals surface area contributed by atoms with Crippen LogP contribution in [0.15, 0.2) is 72.8 Å². The lowest BCUT2D eigenvalue weighted by Crippen LogP contribution is -2.56. The van der Waals surface area contributed by atoms with E-state index in [4.69, 9.17) is 0 Å². The van der Waals surface area contributed by atoms with Crippen LogP contribution in [0.25, 0.3) is 0 Å². The van der Waals surface area contributed by atoms with Gasteiger partial charge in [0.15, 0.2) is 11.6 Å². The molecule has 0 saturated heterocycles. The molecule has 10 heteroatoms. The minimum Gasteiger partial charge on any atom is -0.350 e. The Bertz CT molecular complexity index is 1460. The molecule has 0 bridgehead atoms. The van der Waals surface area contributed by atoms with Gasteiger partial charge in [-0.1, -0.05) is 54.6 Å². The van der Waals surface area contributed by atoms with Crippen molar-refractivity contribution in [1.29, 1.82) is 0 Å². The number of nitrogens with zero attached hydrogens (tertiary/aromatic N) is 2. The lowest BCUT2D eigenvalue weighted by Gasteiger charge is -2.35. The summed E-state index contributed by atoms with van der Waals surface area (Å²) in [6.45, 7) is 6.66. The third-order valence-electron chi connectivity index (χ3n) is 6.24. The summed E-state index contributed by atoms with van der Waals surface area (Å²) in [5, 5.41) is 2.95. The molecule has 1 N–H and O–H groups in total. The molecule has 0 aromatic heterocycles. The molecule has 7 nitrogen and oxygen atoms in total. The summed E-state index contributed by atoms with van der Waals surface area (Å²) in [5.74, 6) is -3.48. The number of benzene rings is 3. The third kappa shape index (κ3) is 8.35. The number of amides is 2. The van der Waals surface area contributed by atoms with Gasteiger partial charge in [0.1, 0.15) is 12.6 Å². The number of anilines is 1. The van der Waals surface area contributed by atoms with Crippen LogP contribution in [0.2, 0.25) is 0 Å². The molecule has 40 heavy (non-hydrogen) atoms. The average Bonchev–Trinajstić information content (AvgIpc) is 2.86. The van der Waals surface area contributed by atoms with Gasteiger partial charge in [-0.25, -0.2) is 17.2 Å². The van der Waals surface area contributed by atoms with Crippen LogP contribution in [0.3, 0.4) is 0 Å². The molecule has 3 rings (SSSR count). The van der Waals surface area contributed by atoms with E-state index in [1.807, 2.05) is 82.3 Å². The Kier molecular flexibility index (Phi) is 9.68. The minimum atomic E-state index is -4.09. The highest BCUT2D eigenvalue weighted by Gasteiger charge is 2.34. The number of halogens is 2. The molecule has 3 aromatic carbocycles. The van der Waals surface area contributed by atoms with Gasteiger partial charge in [0.05, 0.1) is 11.9 Å². The Hall–Kier alpha value is -3.79. The maximum Gasteiger partial charge on any atom is 0.244 e. The first-order valence-electron chi connectivity index (χ1n) is 12.8. The maximum absolute atomic E-state index is 14.0. The first-order chi connectivity index (χ1) is 18.7. The second kappa shape index (κ2) is 12.6. The van der Waals surface area contributed by atoms with Gasteiger partial charge in [0.25, 0.3) is 0 Å². The first kappa shape index (κ1) is 30.7. The third-order valence-corrected chi connectivity index (χ3v) is 7.38. The topological polar surface area (TPSA) is 86.8 Å². The van der Waals surface area contributed by atoms with Crippen LogP contribution in [0, 0.1) is 18.6 Å². The Balaban J connectivity index is 2.10. The maximum atomic E-state index is 14.0. The molecule has 2 amide bonds. The number of carbonyl (C=O) groups is 2. The Labute approximate surface area is 234 Å². The zero-order chi connectivity index (χ0) is 29.7. The Morgan fingerprint density at radius 1 is 0.925 bits per heavy atom. The molecule has 0 saturated carbocycles.